The molecule has 0 aliphatic carbocycles. The summed E-state index contributed by atoms with van der Waals surface area (Å²) in [5.74, 6) is 0.579. The van der Waals surface area contributed by atoms with E-state index in [-0.39, 0.29) is 22.3 Å². The summed E-state index contributed by atoms with van der Waals surface area (Å²) >= 11 is 2.22. The van der Waals surface area contributed by atoms with Crippen molar-refractivity contribution in [3.05, 3.63) is 34.4 Å². The molecule has 0 saturated heterocycles. The average molecular weight is 412 g/mol. The van der Waals surface area contributed by atoms with Gasteiger partial charge in [0.2, 0.25) is 11.6 Å². The number of thiazole rings is 1. The van der Waals surface area contributed by atoms with Crippen molar-refractivity contribution < 1.29 is 27.4 Å². The van der Waals surface area contributed by atoms with Crippen molar-refractivity contribution in [3.8, 4) is 11.5 Å². The molecule has 0 atom stereocenters. The number of fused-ring (bicyclic) bond motifs is 2. The fourth-order valence-electron chi connectivity index (χ4n) is 2.43. The Labute approximate surface area is 155 Å². The van der Waals surface area contributed by atoms with Crippen LogP contribution in [0, 0.1) is 0 Å². The standard InChI is InChI=1S/C15H12N2O6S3/c1-21-13(18)7-17-9-5-10-11(23-8-22-10)6-12(9)25-15(17)16-26(19,20)14-3-2-4-24-14/h2-6H,7-8H2,1H3/b16-15-. The van der Waals surface area contributed by atoms with Crippen LogP contribution in [0.5, 0.6) is 11.5 Å². The quantitative estimate of drug-likeness (QED) is 0.608. The number of aromatic nitrogens is 1. The van der Waals surface area contributed by atoms with Gasteiger partial charge in [0, 0.05) is 12.1 Å². The van der Waals surface area contributed by atoms with E-state index in [0.717, 1.165) is 27.4 Å². The van der Waals surface area contributed by atoms with Gasteiger partial charge in [-0.2, -0.15) is 8.42 Å². The smallest absolute Gasteiger partial charge is 0.325 e. The van der Waals surface area contributed by atoms with Crippen LogP contribution in [-0.2, 0) is 26.1 Å². The van der Waals surface area contributed by atoms with E-state index in [1.54, 1.807) is 23.6 Å². The molecule has 4 rings (SSSR count). The van der Waals surface area contributed by atoms with E-state index in [1.165, 1.54) is 17.7 Å². The number of methoxy groups -OCH3 is 1. The minimum atomic E-state index is -3.88. The lowest BCUT2D eigenvalue weighted by atomic mass is 10.3. The number of nitrogens with zero attached hydrogens (tertiary/aromatic N) is 2. The van der Waals surface area contributed by atoms with E-state index < -0.39 is 16.0 Å². The number of esters is 1. The summed E-state index contributed by atoms with van der Waals surface area (Å²) in [6.45, 7) is -0.0530. The molecule has 0 spiro atoms. The number of carbonyl (C=O) groups excluding carboxylic acids is 1. The normalized spacial score (nSPS) is 14.1. The molecule has 0 fully saturated rings. The van der Waals surface area contributed by atoms with Gasteiger partial charge < -0.3 is 18.8 Å². The lowest BCUT2D eigenvalue weighted by Crippen LogP contribution is -2.22. The molecule has 1 aromatic carbocycles. The molecule has 136 valence electrons. The maximum Gasteiger partial charge on any atom is 0.325 e. The molecular formula is C15H12N2O6S3. The number of sulfonamides is 1. The van der Waals surface area contributed by atoms with Gasteiger partial charge in [0.1, 0.15) is 10.8 Å². The highest BCUT2D eigenvalue weighted by molar-refractivity contribution is 7.92. The minimum Gasteiger partial charge on any atom is -0.468 e. The molecule has 0 saturated carbocycles. The van der Waals surface area contributed by atoms with Gasteiger partial charge in [-0.15, -0.1) is 15.7 Å². The first-order valence-electron chi connectivity index (χ1n) is 7.32. The molecule has 26 heavy (non-hydrogen) atoms. The van der Waals surface area contributed by atoms with Gasteiger partial charge in [-0.05, 0) is 11.4 Å². The Kier molecular flexibility index (Phi) is 4.21. The lowest BCUT2D eigenvalue weighted by molar-refractivity contribution is -0.141. The minimum absolute atomic E-state index is 0.119. The zero-order chi connectivity index (χ0) is 18.3. The number of thiophene rings is 1. The number of hydrogen-bond acceptors (Lipinski definition) is 8. The monoisotopic (exact) mass is 412 g/mol. The van der Waals surface area contributed by atoms with Crippen LogP contribution >= 0.6 is 22.7 Å². The molecule has 0 radical (unpaired) electrons. The molecule has 1 aliphatic heterocycles. The van der Waals surface area contributed by atoms with Crippen LogP contribution in [0.3, 0.4) is 0 Å². The highest BCUT2D eigenvalue weighted by atomic mass is 32.2. The van der Waals surface area contributed by atoms with Crippen molar-refractivity contribution in [1.82, 2.24) is 4.57 Å². The first-order chi connectivity index (χ1) is 12.5. The second kappa shape index (κ2) is 6.41. The Hall–Kier alpha value is -2.37. The summed E-state index contributed by atoms with van der Waals surface area (Å²) in [5.41, 5.74) is 0.616. The van der Waals surface area contributed by atoms with Crippen LogP contribution in [0.25, 0.3) is 10.2 Å². The molecule has 3 aromatic rings. The number of hydrogen-bond donors (Lipinski definition) is 0. The van der Waals surface area contributed by atoms with Crippen LogP contribution in [-0.4, -0.2) is 32.9 Å². The Morgan fingerprint density at radius 1 is 1.35 bits per heavy atom. The van der Waals surface area contributed by atoms with Gasteiger partial charge in [-0.1, -0.05) is 17.4 Å². The van der Waals surface area contributed by atoms with Gasteiger partial charge >= 0.3 is 5.97 Å². The Morgan fingerprint density at radius 2 is 2.12 bits per heavy atom. The topological polar surface area (TPSA) is 96.2 Å². The fourth-order valence-corrected chi connectivity index (χ4v) is 5.65. The van der Waals surface area contributed by atoms with Crippen LogP contribution in [0.2, 0.25) is 0 Å². The molecule has 0 amide bonds. The van der Waals surface area contributed by atoms with E-state index in [4.69, 9.17) is 14.2 Å². The molecule has 0 bridgehead atoms. The highest BCUT2D eigenvalue weighted by Gasteiger charge is 2.21. The lowest BCUT2D eigenvalue weighted by Gasteiger charge is -2.04. The van der Waals surface area contributed by atoms with E-state index in [0.29, 0.717) is 17.0 Å². The SMILES string of the molecule is COC(=O)Cn1/c(=N/S(=O)(=O)c2cccs2)sc2cc3c(cc21)OCO3. The summed E-state index contributed by atoms with van der Waals surface area (Å²) in [4.78, 5) is 12.0. The van der Waals surface area contributed by atoms with E-state index in [9.17, 15) is 13.2 Å². The van der Waals surface area contributed by atoms with Crippen LogP contribution < -0.4 is 14.3 Å². The van der Waals surface area contributed by atoms with Crippen molar-refractivity contribution >= 4 is 48.9 Å². The fraction of sp³-hybridized carbons (Fsp3) is 0.200. The van der Waals surface area contributed by atoms with E-state index in [2.05, 4.69) is 4.40 Å². The molecule has 1 aliphatic rings. The first-order valence-corrected chi connectivity index (χ1v) is 10.5. The zero-order valence-electron chi connectivity index (χ0n) is 13.4. The predicted molar refractivity (Wildman–Crippen MR) is 95.0 cm³/mol. The number of ether oxygens (including phenoxy) is 3. The Balaban J connectivity index is 1.95. The van der Waals surface area contributed by atoms with Crippen molar-refractivity contribution in [2.75, 3.05) is 13.9 Å². The Bertz CT molecular complexity index is 1160. The van der Waals surface area contributed by atoms with Crippen molar-refractivity contribution in [1.29, 1.82) is 0 Å². The predicted octanol–water partition coefficient (Wildman–Crippen LogP) is 1.96. The van der Waals surface area contributed by atoms with Crippen molar-refractivity contribution in [2.24, 2.45) is 4.40 Å². The third-order valence-corrected chi connectivity index (χ3v) is 7.44. The Morgan fingerprint density at radius 3 is 2.81 bits per heavy atom. The van der Waals surface area contributed by atoms with Crippen molar-refractivity contribution in [3.63, 3.8) is 0 Å². The third kappa shape index (κ3) is 2.97. The summed E-state index contributed by atoms with van der Waals surface area (Å²) in [6.07, 6.45) is 0. The molecule has 3 heterocycles. The van der Waals surface area contributed by atoms with Gasteiger partial charge in [0.15, 0.2) is 11.5 Å². The number of benzene rings is 1. The third-order valence-electron chi connectivity index (χ3n) is 3.64. The van der Waals surface area contributed by atoms with Gasteiger partial charge in [0.25, 0.3) is 10.0 Å². The molecule has 0 unspecified atom stereocenters. The van der Waals surface area contributed by atoms with Gasteiger partial charge in [-0.3, -0.25) is 4.79 Å². The highest BCUT2D eigenvalue weighted by Crippen LogP contribution is 2.37. The first kappa shape index (κ1) is 17.1. The van der Waals surface area contributed by atoms with Crippen LogP contribution in [0.15, 0.2) is 38.3 Å². The molecule has 8 nitrogen and oxygen atoms in total. The van der Waals surface area contributed by atoms with E-state index >= 15 is 0 Å². The van der Waals surface area contributed by atoms with E-state index in [1.807, 2.05) is 0 Å². The number of rotatable bonds is 4. The maximum atomic E-state index is 12.5. The number of carbonyl (C=O) groups is 1. The molecule has 0 N–H and O–H groups in total. The molecule has 2 aromatic heterocycles. The summed E-state index contributed by atoms with van der Waals surface area (Å²) in [5, 5.41) is 1.66. The second-order valence-electron chi connectivity index (χ2n) is 5.22. The second-order valence-corrected chi connectivity index (χ2v) is 9.01. The van der Waals surface area contributed by atoms with Gasteiger partial charge in [0.05, 0.1) is 17.3 Å². The summed E-state index contributed by atoms with van der Waals surface area (Å²) in [7, 11) is -2.61. The average Bonchev–Trinajstić information content (AvgIpc) is 3.33. The zero-order valence-corrected chi connectivity index (χ0v) is 15.8. The maximum absolute atomic E-state index is 12.5. The van der Waals surface area contributed by atoms with Crippen molar-refractivity contribution in [2.45, 2.75) is 10.8 Å². The summed E-state index contributed by atoms with van der Waals surface area (Å²) in [6, 6.07) is 6.57. The molecule has 11 heteroatoms. The largest absolute Gasteiger partial charge is 0.468 e. The molecular weight excluding hydrogens is 400 g/mol. The van der Waals surface area contributed by atoms with Gasteiger partial charge in [-0.25, -0.2) is 0 Å². The van der Waals surface area contributed by atoms with Crippen LogP contribution in [0.1, 0.15) is 0 Å². The van der Waals surface area contributed by atoms with Crippen LogP contribution in [0.4, 0.5) is 0 Å². The summed E-state index contributed by atoms with van der Waals surface area (Å²) < 4.78 is 46.8.